The van der Waals surface area contributed by atoms with Crippen molar-refractivity contribution < 1.29 is 4.74 Å². The van der Waals surface area contributed by atoms with Crippen LogP contribution >= 0.6 is 11.8 Å². The molecule has 4 heteroatoms. The van der Waals surface area contributed by atoms with Gasteiger partial charge in [0.2, 0.25) is 0 Å². The van der Waals surface area contributed by atoms with Crippen LogP contribution in [0.4, 0.5) is 5.69 Å². The quantitative estimate of drug-likeness (QED) is 0.573. The molecular formula is C16H14N2OS. The number of aromatic nitrogens is 1. The molecule has 0 fully saturated rings. The van der Waals surface area contributed by atoms with E-state index in [1.54, 1.807) is 18.0 Å². The van der Waals surface area contributed by atoms with Crippen LogP contribution in [0.1, 0.15) is 0 Å². The second kappa shape index (κ2) is 5.43. The molecule has 0 radical (unpaired) electrons. The van der Waals surface area contributed by atoms with Crippen molar-refractivity contribution in [1.29, 1.82) is 0 Å². The molecule has 3 rings (SSSR count). The topological polar surface area (TPSA) is 48.1 Å². The molecule has 1 aromatic heterocycles. The predicted octanol–water partition coefficient (Wildman–Crippen LogP) is 4.33. The van der Waals surface area contributed by atoms with Gasteiger partial charge in [0.25, 0.3) is 0 Å². The first-order chi connectivity index (χ1) is 9.78. The number of hydrogen-bond donors (Lipinski definition) is 1. The van der Waals surface area contributed by atoms with Crippen molar-refractivity contribution in [2.45, 2.75) is 4.90 Å². The smallest absolute Gasteiger partial charge is 0.140 e. The molecule has 3 nitrogen and oxygen atoms in total. The average molecular weight is 282 g/mol. The van der Waals surface area contributed by atoms with Crippen LogP contribution in [0.2, 0.25) is 0 Å². The SMILES string of the molecule is CSc1ccccc1Oc1ccnc2cc(N)ccc12. The minimum Gasteiger partial charge on any atom is -0.455 e. The number of nitrogens with two attached hydrogens (primary N) is 1. The van der Waals surface area contributed by atoms with Gasteiger partial charge in [-0.05, 0) is 42.7 Å². The van der Waals surface area contributed by atoms with Gasteiger partial charge in [0, 0.05) is 22.2 Å². The highest BCUT2D eigenvalue weighted by atomic mass is 32.2. The number of fused-ring (bicyclic) bond motifs is 1. The number of pyridine rings is 1. The minimum absolute atomic E-state index is 0.701. The number of thioether (sulfide) groups is 1. The zero-order chi connectivity index (χ0) is 13.9. The standard InChI is InChI=1S/C16H14N2OS/c1-20-16-5-3-2-4-15(16)19-14-8-9-18-13-10-11(17)6-7-12(13)14/h2-10H,17H2,1H3. The maximum absolute atomic E-state index is 6.05. The van der Waals surface area contributed by atoms with E-state index in [0.29, 0.717) is 5.69 Å². The summed E-state index contributed by atoms with van der Waals surface area (Å²) < 4.78 is 6.05. The van der Waals surface area contributed by atoms with Crippen LogP contribution in [0, 0.1) is 0 Å². The molecule has 0 aliphatic carbocycles. The van der Waals surface area contributed by atoms with Crippen LogP contribution in [-0.2, 0) is 0 Å². The molecule has 2 N–H and O–H groups in total. The van der Waals surface area contributed by atoms with E-state index in [9.17, 15) is 0 Å². The number of anilines is 1. The number of nitrogens with zero attached hydrogens (tertiary/aromatic N) is 1. The first-order valence-corrected chi connectivity index (χ1v) is 7.45. The molecule has 0 saturated heterocycles. The van der Waals surface area contributed by atoms with Gasteiger partial charge in [-0.2, -0.15) is 0 Å². The van der Waals surface area contributed by atoms with Crippen LogP contribution in [0.15, 0.2) is 59.6 Å². The van der Waals surface area contributed by atoms with E-state index in [4.69, 9.17) is 10.5 Å². The molecule has 0 saturated carbocycles. The highest BCUT2D eigenvalue weighted by molar-refractivity contribution is 7.98. The van der Waals surface area contributed by atoms with Crippen molar-refractivity contribution in [3.8, 4) is 11.5 Å². The molecule has 0 aliphatic rings. The number of ether oxygens (including phenoxy) is 1. The monoisotopic (exact) mass is 282 g/mol. The van der Waals surface area contributed by atoms with Crippen molar-refractivity contribution in [2.75, 3.05) is 12.0 Å². The average Bonchev–Trinajstić information content (AvgIpc) is 2.47. The van der Waals surface area contributed by atoms with Crippen molar-refractivity contribution in [3.05, 3.63) is 54.7 Å². The second-order valence-corrected chi connectivity index (χ2v) is 5.19. The number of rotatable bonds is 3. The Bertz CT molecular complexity index is 758. The number of hydrogen-bond acceptors (Lipinski definition) is 4. The molecule has 3 aromatic rings. The highest BCUT2D eigenvalue weighted by Crippen LogP contribution is 2.34. The van der Waals surface area contributed by atoms with Crippen molar-refractivity contribution in [2.24, 2.45) is 0 Å². The Morgan fingerprint density at radius 1 is 1.05 bits per heavy atom. The van der Waals surface area contributed by atoms with Crippen molar-refractivity contribution in [3.63, 3.8) is 0 Å². The van der Waals surface area contributed by atoms with E-state index in [2.05, 4.69) is 4.98 Å². The Morgan fingerprint density at radius 3 is 2.75 bits per heavy atom. The third-order valence-corrected chi connectivity index (χ3v) is 3.79. The van der Waals surface area contributed by atoms with E-state index < -0.39 is 0 Å². The Morgan fingerprint density at radius 2 is 1.90 bits per heavy atom. The Balaban J connectivity index is 2.07. The molecule has 0 unspecified atom stereocenters. The fourth-order valence-electron chi connectivity index (χ4n) is 2.05. The summed E-state index contributed by atoms with van der Waals surface area (Å²) in [7, 11) is 0. The van der Waals surface area contributed by atoms with Crippen LogP contribution in [-0.4, -0.2) is 11.2 Å². The maximum atomic E-state index is 6.05. The van der Waals surface area contributed by atoms with E-state index in [0.717, 1.165) is 27.3 Å². The lowest BCUT2D eigenvalue weighted by Crippen LogP contribution is -1.91. The highest BCUT2D eigenvalue weighted by Gasteiger charge is 2.07. The first kappa shape index (κ1) is 12.8. The Hall–Kier alpha value is -2.20. The Labute approximate surface area is 121 Å². The van der Waals surface area contributed by atoms with Crippen LogP contribution in [0.5, 0.6) is 11.5 Å². The van der Waals surface area contributed by atoms with E-state index >= 15 is 0 Å². The van der Waals surface area contributed by atoms with Gasteiger partial charge in [-0.3, -0.25) is 4.98 Å². The fraction of sp³-hybridized carbons (Fsp3) is 0.0625. The molecule has 0 spiro atoms. The van der Waals surface area contributed by atoms with Gasteiger partial charge in [-0.25, -0.2) is 0 Å². The summed E-state index contributed by atoms with van der Waals surface area (Å²) >= 11 is 1.66. The zero-order valence-corrected chi connectivity index (χ0v) is 11.9. The molecular weight excluding hydrogens is 268 g/mol. The molecule has 0 amide bonds. The van der Waals surface area contributed by atoms with Gasteiger partial charge < -0.3 is 10.5 Å². The predicted molar refractivity (Wildman–Crippen MR) is 84.5 cm³/mol. The summed E-state index contributed by atoms with van der Waals surface area (Å²) in [5.41, 5.74) is 7.33. The van der Waals surface area contributed by atoms with E-state index in [1.165, 1.54) is 0 Å². The first-order valence-electron chi connectivity index (χ1n) is 6.23. The summed E-state index contributed by atoms with van der Waals surface area (Å²) in [6.07, 6.45) is 3.77. The molecule has 1 heterocycles. The van der Waals surface area contributed by atoms with Crippen LogP contribution in [0.3, 0.4) is 0 Å². The zero-order valence-electron chi connectivity index (χ0n) is 11.0. The largest absolute Gasteiger partial charge is 0.455 e. The lowest BCUT2D eigenvalue weighted by atomic mass is 10.2. The number of para-hydroxylation sites is 1. The van der Waals surface area contributed by atoms with Crippen LogP contribution in [0.25, 0.3) is 10.9 Å². The minimum atomic E-state index is 0.701. The molecule has 0 aliphatic heterocycles. The molecule has 0 atom stereocenters. The summed E-state index contributed by atoms with van der Waals surface area (Å²) in [4.78, 5) is 5.43. The number of nitrogen functional groups attached to an aromatic ring is 1. The maximum Gasteiger partial charge on any atom is 0.140 e. The summed E-state index contributed by atoms with van der Waals surface area (Å²) in [5.74, 6) is 1.64. The van der Waals surface area contributed by atoms with Gasteiger partial charge in [-0.15, -0.1) is 11.8 Å². The van der Waals surface area contributed by atoms with Crippen molar-refractivity contribution in [1.82, 2.24) is 4.98 Å². The third-order valence-electron chi connectivity index (χ3n) is 3.02. The van der Waals surface area contributed by atoms with Gasteiger partial charge in [0.05, 0.1) is 5.52 Å². The lowest BCUT2D eigenvalue weighted by molar-refractivity contribution is 0.476. The molecule has 0 bridgehead atoms. The summed E-state index contributed by atoms with van der Waals surface area (Å²) in [5, 5.41) is 0.956. The van der Waals surface area contributed by atoms with Gasteiger partial charge in [0.15, 0.2) is 0 Å². The number of benzene rings is 2. The van der Waals surface area contributed by atoms with Gasteiger partial charge in [0.1, 0.15) is 11.5 Å². The van der Waals surface area contributed by atoms with E-state index in [1.807, 2.05) is 54.8 Å². The molecule has 20 heavy (non-hydrogen) atoms. The van der Waals surface area contributed by atoms with E-state index in [-0.39, 0.29) is 0 Å². The summed E-state index contributed by atoms with van der Waals surface area (Å²) in [6.45, 7) is 0. The normalized spacial score (nSPS) is 10.7. The third kappa shape index (κ3) is 2.42. The Kier molecular flexibility index (Phi) is 3.48. The van der Waals surface area contributed by atoms with Crippen molar-refractivity contribution >= 4 is 28.4 Å². The fourth-order valence-corrected chi connectivity index (χ4v) is 2.58. The van der Waals surface area contributed by atoms with Gasteiger partial charge in [-0.1, -0.05) is 12.1 Å². The molecule has 2 aromatic carbocycles. The van der Waals surface area contributed by atoms with Gasteiger partial charge >= 0.3 is 0 Å². The van der Waals surface area contributed by atoms with Crippen LogP contribution < -0.4 is 10.5 Å². The molecule has 100 valence electrons. The lowest BCUT2D eigenvalue weighted by Gasteiger charge is -2.11. The summed E-state index contributed by atoms with van der Waals surface area (Å²) in [6, 6.07) is 15.5. The second-order valence-electron chi connectivity index (χ2n) is 4.34.